The van der Waals surface area contributed by atoms with E-state index in [2.05, 4.69) is 42.5 Å². The molecule has 2 N–H and O–H groups in total. The van der Waals surface area contributed by atoms with Gasteiger partial charge in [0.2, 0.25) is 0 Å². The Labute approximate surface area is 141 Å². The van der Waals surface area contributed by atoms with Gasteiger partial charge in [0.05, 0.1) is 5.69 Å². The Bertz CT molecular complexity index is 624. The number of hydrogen-bond acceptors (Lipinski definition) is 2. The topological polar surface area (TPSA) is 41.1 Å². The van der Waals surface area contributed by atoms with Crippen molar-refractivity contribution in [3.05, 3.63) is 62.5 Å². The molecule has 21 heavy (non-hydrogen) atoms. The lowest BCUT2D eigenvalue weighted by Crippen LogP contribution is -2.17. The fourth-order valence-electron chi connectivity index (χ4n) is 2.02. The van der Waals surface area contributed by atoms with E-state index in [0.29, 0.717) is 5.56 Å². The van der Waals surface area contributed by atoms with E-state index in [1.807, 2.05) is 49.5 Å². The van der Waals surface area contributed by atoms with E-state index in [0.717, 1.165) is 33.2 Å². The van der Waals surface area contributed by atoms with E-state index in [-0.39, 0.29) is 5.91 Å². The predicted molar refractivity (Wildman–Crippen MR) is 93.9 cm³/mol. The second-order valence-corrected chi connectivity index (χ2v) is 6.27. The van der Waals surface area contributed by atoms with Crippen LogP contribution in [0.15, 0.2) is 51.4 Å². The monoisotopic (exact) mass is 410 g/mol. The maximum Gasteiger partial charge on any atom is 0.256 e. The van der Waals surface area contributed by atoms with Crippen molar-refractivity contribution in [1.29, 1.82) is 0 Å². The second kappa shape index (κ2) is 7.73. The summed E-state index contributed by atoms with van der Waals surface area (Å²) in [4.78, 5) is 12.5. The normalized spacial score (nSPS) is 10.4. The molecule has 2 aromatic rings. The average Bonchev–Trinajstić information content (AvgIpc) is 2.49. The summed E-state index contributed by atoms with van der Waals surface area (Å²) in [7, 11) is 1.90. The van der Waals surface area contributed by atoms with Crippen molar-refractivity contribution in [2.75, 3.05) is 18.9 Å². The molecule has 0 unspecified atom stereocenters. The first-order valence-electron chi connectivity index (χ1n) is 6.61. The molecule has 0 aliphatic carbocycles. The largest absolute Gasteiger partial charge is 0.320 e. The molecule has 0 atom stereocenters. The van der Waals surface area contributed by atoms with Gasteiger partial charge in [0, 0.05) is 14.5 Å². The van der Waals surface area contributed by atoms with Crippen LogP contribution in [-0.4, -0.2) is 19.5 Å². The SMILES string of the molecule is CNCCc1ccccc1C(=O)Nc1c(Br)cccc1Br. The highest BCUT2D eigenvalue weighted by atomic mass is 79.9. The summed E-state index contributed by atoms with van der Waals surface area (Å²) >= 11 is 6.91. The molecule has 0 heterocycles. The Balaban J connectivity index is 2.25. The van der Waals surface area contributed by atoms with Crippen molar-refractivity contribution in [3.63, 3.8) is 0 Å². The lowest BCUT2D eigenvalue weighted by atomic mass is 10.0. The fourth-order valence-corrected chi connectivity index (χ4v) is 3.21. The van der Waals surface area contributed by atoms with Gasteiger partial charge in [-0.3, -0.25) is 4.79 Å². The molecule has 110 valence electrons. The molecule has 0 saturated heterocycles. The van der Waals surface area contributed by atoms with Gasteiger partial charge in [-0.25, -0.2) is 0 Å². The zero-order chi connectivity index (χ0) is 15.2. The number of hydrogen-bond donors (Lipinski definition) is 2. The second-order valence-electron chi connectivity index (χ2n) is 4.56. The highest BCUT2D eigenvalue weighted by molar-refractivity contribution is 9.11. The summed E-state index contributed by atoms with van der Waals surface area (Å²) in [6, 6.07) is 13.4. The lowest BCUT2D eigenvalue weighted by Gasteiger charge is -2.12. The van der Waals surface area contributed by atoms with Crippen LogP contribution in [0.4, 0.5) is 5.69 Å². The molecule has 0 bridgehead atoms. The van der Waals surface area contributed by atoms with Crippen molar-refractivity contribution in [3.8, 4) is 0 Å². The van der Waals surface area contributed by atoms with Gasteiger partial charge in [-0.15, -0.1) is 0 Å². The van der Waals surface area contributed by atoms with Gasteiger partial charge in [-0.05, 0) is 75.6 Å². The first-order valence-corrected chi connectivity index (χ1v) is 8.20. The number of halogens is 2. The molecule has 0 saturated carbocycles. The minimum Gasteiger partial charge on any atom is -0.320 e. The standard InChI is InChI=1S/C16H16Br2N2O/c1-19-10-9-11-5-2-3-6-12(11)16(21)20-15-13(17)7-4-8-14(15)18/h2-8,19H,9-10H2,1H3,(H,20,21). The number of rotatable bonds is 5. The molecule has 0 fully saturated rings. The molecule has 3 nitrogen and oxygen atoms in total. The molecule has 0 spiro atoms. The van der Waals surface area contributed by atoms with Gasteiger partial charge in [0.25, 0.3) is 5.91 Å². The Kier molecular flexibility index (Phi) is 5.96. The van der Waals surface area contributed by atoms with Crippen LogP contribution in [0.25, 0.3) is 0 Å². The number of benzene rings is 2. The molecule has 0 aromatic heterocycles. The first-order chi connectivity index (χ1) is 10.1. The first kappa shape index (κ1) is 16.2. The van der Waals surface area contributed by atoms with E-state index in [1.165, 1.54) is 0 Å². The van der Waals surface area contributed by atoms with E-state index in [4.69, 9.17) is 0 Å². The van der Waals surface area contributed by atoms with Crippen molar-refractivity contribution in [2.45, 2.75) is 6.42 Å². The Morgan fingerprint density at radius 2 is 1.71 bits per heavy atom. The minimum absolute atomic E-state index is 0.102. The number of carbonyl (C=O) groups is 1. The van der Waals surface area contributed by atoms with Gasteiger partial charge in [0.1, 0.15) is 0 Å². The number of carbonyl (C=O) groups excluding carboxylic acids is 1. The Hall–Kier alpha value is -1.17. The molecular weight excluding hydrogens is 396 g/mol. The van der Waals surface area contributed by atoms with E-state index in [1.54, 1.807) is 0 Å². The third kappa shape index (κ3) is 4.15. The van der Waals surface area contributed by atoms with E-state index < -0.39 is 0 Å². The van der Waals surface area contributed by atoms with Crippen molar-refractivity contribution in [2.24, 2.45) is 0 Å². The van der Waals surface area contributed by atoms with Crippen molar-refractivity contribution in [1.82, 2.24) is 5.32 Å². The Morgan fingerprint density at radius 3 is 2.38 bits per heavy atom. The minimum atomic E-state index is -0.102. The highest BCUT2D eigenvalue weighted by Crippen LogP contribution is 2.31. The molecule has 5 heteroatoms. The van der Waals surface area contributed by atoms with E-state index in [9.17, 15) is 4.79 Å². The number of nitrogens with one attached hydrogen (secondary N) is 2. The number of amides is 1. The maximum atomic E-state index is 12.5. The van der Waals surface area contributed by atoms with Crippen LogP contribution in [0.2, 0.25) is 0 Å². The van der Waals surface area contributed by atoms with Gasteiger partial charge in [-0.2, -0.15) is 0 Å². The highest BCUT2D eigenvalue weighted by Gasteiger charge is 2.13. The van der Waals surface area contributed by atoms with Crippen LogP contribution < -0.4 is 10.6 Å². The summed E-state index contributed by atoms with van der Waals surface area (Å²) in [6.45, 7) is 0.836. The summed E-state index contributed by atoms with van der Waals surface area (Å²) in [5, 5.41) is 6.06. The zero-order valence-corrected chi connectivity index (χ0v) is 14.8. The van der Waals surface area contributed by atoms with Crippen molar-refractivity contribution < 1.29 is 4.79 Å². The summed E-state index contributed by atoms with van der Waals surface area (Å²) in [5.41, 5.74) is 2.48. The quantitative estimate of drug-likeness (QED) is 0.772. The van der Waals surface area contributed by atoms with Crippen LogP contribution >= 0.6 is 31.9 Å². The van der Waals surface area contributed by atoms with Crippen molar-refractivity contribution >= 4 is 43.5 Å². The molecule has 1 amide bonds. The lowest BCUT2D eigenvalue weighted by molar-refractivity contribution is 0.102. The third-order valence-electron chi connectivity index (χ3n) is 3.11. The fraction of sp³-hybridized carbons (Fsp3) is 0.188. The van der Waals surface area contributed by atoms with Crippen LogP contribution in [0.5, 0.6) is 0 Å². The average molecular weight is 412 g/mol. The van der Waals surface area contributed by atoms with Gasteiger partial charge in [-0.1, -0.05) is 24.3 Å². The van der Waals surface area contributed by atoms with Gasteiger partial charge < -0.3 is 10.6 Å². The summed E-state index contributed by atoms with van der Waals surface area (Å²) in [5.74, 6) is -0.102. The molecular formula is C16H16Br2N2O. The smallest absolute Gasteiger partial charge is 0.256 e. The molecule has 2 aromatic carbocycles. The predicted octanol–water partition coefficient (Wildman–Crippen LogP) is 4.23. The molecule has 0 aliphatic rings. The zero-order valence-electron chi connectivity index (χ0n) is 11.6. The van der Waals surface area contributed by atoms with E-state index >= 15 is 0 Å². The van der Waals surface area contributed by atoms with Crippen LogP contribution in [0.3, 0.4) is 0 Å². The number of anilines is 1. The molecule has 0 aliphatic heterocycles. The van der Waals surface area contributed by atoms with Gasteiger partial charge >= 0.3 is 0 Å². The van der Waals surface area contributed by atoms with Crippen LogP contribution in [-0.2, 0) is 6.42 Å². The summed E-state index contributed by atoms with van der Waals surface area (Å²) < 4.78 is 1.69. The number of para-hydroxylation sites is 1. The van der Waals surface area contributed by atoms with Crippen LogP contribution in [0.1, 0.15) is 15.9 Å². The number of likely N-dealkylation sites (N-methyl/N-ethyl adjacent to an activating group) is 1. The molecule has 2 rings (SSSR count). The maximum absolute atomic E-state index is 12.5. The Morgan fingerprint density at radius 1 is 1.05 bits per heavy atom. The van der Waals surface area contributed by atoms with Gasteiger partial charge in [0.15, 0.2) is 0 Å². The van der Waals surface area contributed by atoms with Crippen LogP contribution in [0, 0.1) is 0 Å². The molecule has 0 radical (unpaired) electrons. The third-order valence-corrected chi connectivity index (χ3v) is 4.43. The summed E-state index contributed by atoms with van der Waals surface area (Å²) in [6.07, 6.45) is 0.817.